The standard InChI is InChI=1S/C12H17N3O4S2/c1-15(21(18,19)12-3-2-6-20-12)8-11(17)13-7-10(16)14-9-4-5-9/h2-3,6,9H,4-5,7-8H2,1H3,(H,13,17)(H,14,16). The van der Waals surface area contributed by atoms with Crippen LogP contribution in [0.1, 0.15) is 12.8 Å². The van der Waals surface area contributed by atoms with E-state index >= 15 is 0 Å². The maximum atomic E-state index is 12.1. The topological polar surface area (TPSA) is 95.6 Å². The summed E-state index contributed by atoms with van der Waals surface area (Å²) in [5, 5.41) is 6.80. The smallest absolute Gasteiger partial charge is 0.252 e. The van der Waals surface area contributed by atoms with Crippen LogP contribution >= 0.6 is 11.3 Å². The highest BCUT2D eigenvalue weighted by Crippen LogP contribution is 2.19. The van der Waals surface area contributed by atoms with E-state index in [0.717, 1.165) is 28.5 Å². The molecule has 0 aliphatic heterocycles. The molecular weight excluding hydrogens is 314 g/mol. The lowest BCUT2D eigenvalue weighted by atomic mass is 10.5. The molecule has 0 aromatic carbocycles. The monoisotopic (exact) mass is 331 g/mol. The van der Waals surface area contributed by atoms with Gasteiger partial charge >= 0.3 is 0 Å². The van der Waals surface area contributed by atoms with E-state index in [2.05, 4.69) is 10.6 Å². The Morgan fingerprint density at radius 3 is 2.67 bits per heavy atom. The molecule has 0 saturated heterocycles. The fraction of sp³-hybridized carbons (Fsp3) is 0.500. The molecule has 9 heteroatoms. The fourth-order valence-electron chi connectivity index (χ4n) is 1.59. The number of nitrogens with one attached hydrogen (secondary N) is 2. The van der Waals surface area contributed by atoms with Crippen molar-refractivity contribution in [2.45, 2.75) is 23.1 Å². The summed E-state index contributed by atoms with van der Waals surface area (Å²) in [4.78, 5) is 23.1. The summed E-state index contributed by atoms with van der Waals surface area (Å²) >= 11 is 1.09. The zero-order chi connectivity index (χ0) is 15.5. The van der Waals surface area contributed by atoms with Crippen LogP contribution in [0.5, 0.6) is 0 Å². The Hall–Kier alpha value is -1.45. The molecule has 7 nitrogen and oxygen atoms in total. The molecule has 0 spiro atoms. The maximum absolute atomic E-state index is 12.1. The van der Waals surface area contributed by atoms with E-state index < -0.39 is 15.9 Å². The maximum Gasteiger partial charge on any atom is 0.252 e. The van der Waals surface area contributed by atoms with E-state index in [9.17, 15) is 18.0 Å². The molecule has 0 unspecified atom stereocenters. The van der Waals surface area contributed by atoms with Crippen molar-refractivity contribution in [1.29, 1.82) is 0 Å². The van der Waals surface area contributed by atoms with Gasteiger partial charge in [-0.15, -0.1) is 11.3 Å². The molecule has 116 valence electrons. The van der Waals surface area contributed by atoms with Gasteiger partial charge in [0.1, 0.15) is 4.21 Å². The lowest BCUT2D eigenvalue weighted by molar-refractivity contribution is -0.126. The van der Waals surface area contributed by atoms with Crippen LogP contribution in [0.25, 0.3) is 0 Å². The summed E-state index contributed by atoms with van der Waals surface area (Å²) < 4.78 is 25.3. The average molecular weight is 331 g/mol. The van der Waals surface area contributed by atoms with E-state index in [1.807, 2.05) is 0 Å². The predicted molar refractivity (Wildman–Crippen MR) is 78.3 cm³/mol. The van der Waals surface area contributed by atoms with Gasteiger partial charge in [0.15, 0.2) is 0 Å². The van der Waals surface area contributed by atoms with Gasteiger partial charge in [-0.1, -0.05) is 6.07 Å². The minimum atomic E-state index is -3.65. The van der Waals surface area contributed by atoms with Gasteiger partial charge in [0.05, 0.1) is 13.1 Å². The first kappa shape index (κ1) is 15.9. The molecule has 1 aliphatic rings. The number of likely N-dealkylation sites (N-methyl/N-ethyl adjacent to an activating group) is 1. The summed E-state index contributed by atoms with van der Waals surface area (Å²) in [7, 11) is -2.32. The van der Waals surface area contributed by atoms with Crippen molar-refractivity contribution < 1.29 is 18.0 Å². The van der Waals surface area contributed by atoms with E-state index in [-0.39, 0.29) is 29.2 Å². The van der Waals surface area contributed by atoms with Gasteiger partial charge in [-0.25, -0.2) is 8.42 Å². The van der Waals surface area contributed by atoms with Crippen molar-refractivity contribution in [3.05, 3.63) is 17.5 Å². The lowest BCUT2D eigenvalue weighted by Crippen LogP contribution is -2.42. The minimum Gasteiger partial charge on any atom is -0.352 e. The predicted octanol–water partition coefficient (Wildman–Crippen LogP) is -0.237. The summed E-state index contributed by atoms with van der Waals surface area (Å²) in [5.74, 6) is -0.766. The Kier molecular flexibility index (Phi) is 4.96. The van der Waals surface area contributed by atoms with Crippen LogP contribution in [-0.2, 0) is 19.6 Å². The third kappa shape index (κ3) is 4.51. The molecule has 0 bridgehead atoms. The largest absolute Gasteiger partial charge is 0.352 e. The molecule has 0 radical (unpaired) electrons. The highest BCUT2D eigenvalue weighted by molar-refractivity contribution is 7.91. The van der Waals surface area contributed by atoms with Crippen molar-refractivity contribution in [2.75, 3.05) is 20.1 Å². The molecule has 1 fully saturated rings. The van der Waals surface area contributed by atoms with Crippen LogP contribution in [0.15, 0.2) is 21.7 Å². The van der Waals surface area contributed by atoms with Crippen molar-refractivity contribution in [1.82, 2.24) is 14.9 Å². The number of carbonyl (C=O) groups excluding carboxylic acids is 2. The summed E-state index contributed by atoms with van der Waals surface area (Å²) in [6, 6.07) is 3.35. The molecule has 21 heavy (non-hydrogen) atoms. The van der Waals surface area contributed by atoms with Gasteiger partial charge in [0.25, 0.3) is 10.0 Å². The molecule has 1 heterocycles. The summed E-state index contributed by atoms with van der Waals surface area (Å²) in [5.41, 5.74) is 0. The molecular formula is C12H17N3O4S2. The van der Waals surface area contributed by atoms with Gasteiger partial charge in [-0.2, -0.15) is 4.31 Å². The molecule has 2 N–H and O–H groups in total. The van der Waals surface area contributed by atoms with E-state index in [0.29, 0.717) is 0 Å². The third-order valence-electron chi connectivity index (χ3n) is 2.91. The minimum absolute atomic E-state index is 0.137. The molecule has 0 atom stereocenters. The first-order valence-corrected chi connectivity index (χ1v) is 8.77. The first-order valence-electron chi connectivity index (χ1n) is 6.45. The van der Waals surface area contributed by atoms with Gasteiger partial charge in [0.2, 0.25) is 11.8 Å². The van der Waals surface area contributed by atoms with Crippen molar-refractivity contribution in [2.24, 2.45) is 0 Å². The fourth-order valence-corrected chi connectivity index (χ4v) is 3.92. The van der Waals surface area contributed by atoms with Crippen LogP contribution in [0.4, 0.5) is 0 Å². The highest BCUT2D eigenvalue weighted by atomic mass is 32.2. The van der Waals surface area contributed by atoms with Crippen molar-refractivity contribution in [3.8, 4) is 0 Å². The van der Waals surface area contributed by atoms with Gasteiger partial charge < -0.3 is 10.6 Å². The Morgan fingerprint density at radius 2 is 2.10 bits per heavy atom. The van der Waals surface area contributed by atoms with Crippen LogP contribution in [0.3, 0.4) is 0 Å². The number of amides is 2. The van der Waals surface area contributed by atoms with Crippen molar-refractivity contribution >= 4 is 33.2 Å². The highest BCUT2D eigenvalue weighted by Gasteiger charge is 2.25. The second-order valence-electron chi connectivity index (χ2n) is 4.81. The zero-order valence-corrected chi connectivity index (χ0v) is 13.2. The second kappa shape index (κ2) is 6.54. The van der Waals surface area contributed by atoms with E-state index in [1.54, 1.807) is 11.4 Å². The number of thiophene rings is 1. The van der Waals surface area contributed by atoms with Gasteiger partial charge in [-0.3, -0.25) is 9.59 Å². The number of hydrogen-bond donors (Lipinski definition) is 2. The molecule has 1 saturated carbocycles. The number of nitrogens with zero attached hydrogens (tertiary/aromatic N) is 1. The third-order valence-corrected chi connectivity index (χ3v) is 6.09. The Bertz CT molecular complexity index is 608. The van der Waals surface area contributed by atoms with Crippen LogP contribution in [0.2, 0.25) is 0 Å². The summed E-state index contributed by atoms with van der Waals surface area (Å²) in [6.45, 7) is -0.459. The zero-order valence-electron chi connectivity index (χ0n) is 11.5. The Labute approximate surface area is 127 Å². The Morgan fingerprint density at radius 1 is 1.38 bits per heavy atom. The number of rotatable bonds is 7. The SMILES string of the molecule is CN(CC(=O)NCC(=O)NC1CC1)S(=O)(=O)c1cccs1. The molecule has 1 aromatic rings. The van der Waals surface area contributed by atoms with E-state index in [4.69, 9.17) is 0 Å². The van der Waals surface area contributed by atoms with Crippen LogP contribution in [-0.4, -0.2) is 50.7 Å². The lowest BCUT2D eigenvalue weighted by Gasteiger charge is -2.15. The quantitative estimate of drug-likeness (QED) is 0.721. The van der Waals surface area contributed by atoms with Gasteiger partial charge in [-0.05, 0) is 24.3 Å². The Balaban J connectivity index is 1.80. The van der Waals surface area contributed by atoms with Crippen molar-refractivity contribution in [3.63, 3.8) is 0 Å². The average Bonchev–Trinajstić information content (AvgIpc) is 3.06. The number of hydrogen-bond acceptors (Lipinski definition) is 5. The molecule has 2 rings (SSSR count). The second-order valence-corrected chi connectivity index (χ2v) is 8.03. The molecule has 1 aromatic heterocycles. The number of carbonyl (C=O) groups is 2. The number of sulfonamides is 1. The summed E-state index contributed by atoms with van der Waals surface area (Å²) in [6.07, 6.45) is 1.95. The normalized spacial score (nSPS) is 15.0. The van der Waals surface area contributed by atoms with E-state index in [1.165, 1.54) is 13.1 Å². The van der Waals surface area contributed by atoms with Crippen LogP contribution < -0.4 is 10.6 Å². The molecule has 1 aliphatic carbocycles. The van der Waals surface area contributed by atoms with Crippen LogP contribution in [0, 0.1) is 0 Å². The van der Waals surface area contributed by atoms with Gasteiger partial charge in [0, 0.05) is 13.1 Å². The first-order chi connectivity index (χ1) is 9.89. The molecule has 2 amide bonds.